The first kappa shape index (κ1) is 14.2. The van der Waals surface area contributed by atoms with E-state index in [1.165, 1.54) is 36.5 Å². The van der Waals surface area contributed by atoms with Crippen LogP contribution in [0.3, 0.4) is 0 Å². The van der Waals surface area contributed by atoms with Gasteiger partial charge in [0.2, 0.25) is 0 Å². The Kier molecular flexibility index (Phi) is 4.25. The maximum atomic E-state index is 11.8. The summed E-state index contributed by atoms with van der Waals surface area (Å²) in [6.07, 6.45) is 1.29. The van der Waals surface area contributed by atoms with Gasteiger partial charge < -0.3 is 5.11 Å². The number of nitrogens with one attached hydrogen (secondary N) is 1. The van der Waals surface area contributed by atoms with Gasteiger partial charge in [0.25, 0.3) is 10.8 Å². The molecule has 2 rings (SSSR count). The average Bonchev–Trinajstić information content (AvgIpc) is 2.49. The number of rotatable bonds is 4. The topological polar surface area (TPSA) is 102 Å². The van der Waals surface area contributed by atoms with E-state index in [0.29, 0.717) is 5.56 Å². The molecule has 0 radical (unpaired) electrons. The van der Waals surface area contributed by atoms with Crippen LogP contribution in [0, 0.1) is 4.91 Å². The normalized spacial score (nSPS) is 10.5. The van der Waals surface area contributed by atoms with Gasteiger partial charge in [0, 0.05) is 23.3 Å². The number of amides is 1. The summed E-state index contributed by atoms with van der Waals surface area (Å²) in [5.74, 6) is -0.509. The first-order valence-corrected chi connectivity index (χ1v) is 5.95. The molecule has 0 heterocycles. The molecule has 3 N–H and O–H groups in total. The lowest BCUT2D eigenvalue weighted by Gasteiger charge is -1.99. The van der Waals surface area contributed by atoms with E-state index in [4.69, 9.17) is 5.21 Å². The minimum atomic E-state index is -0.551. The molecule has 0 saturated carbocycles. The molecule has 1 amide bonds. The van der Waals surface area contributed by atoms with Crippen LogP contribution >= 0.6 is 0 Å². The van der Waals surface area contributed by atoms with Crippen LogP contribution < -0.4 is 5.43 Å². The number of para-hydroxylation sites is 1. The van der Waals surface area contributed by atoms with Crippen molar-refractivity contribution in [1.29, 1.82) is 0 Å². The number of carbonyl (C=O) groups is 1. The standard InChI is InChI=1S/C14H11N3O4/c18-13-7-2-1-4-11(13)9-15-16-14(19)10-5-3-6-12(8-10)17(20)21/h1-9H,(H2-,15,16,18,19,20,21)/p+1. The predicted octanol–water partition coefficient (Wildman–Crippen LogP) is 1.96. The molecule has 2 aromatic carbocycles. The lowest BCUT2D eigenvalue weighted by atomic mass is 10.2. The second-order valence-electron chi connectivity index (χ2n) is 4.08. The summed E-state index contributed by atoms with van der Waals surface area (Å²) < 4.78 is 0. The lowest BCUT2D eigenvalue weighted by molar-refractivity contribution is -0.729. The van der Waals surface area contributed by atoms with E-state index in [1.54, 1.807) is 18.2 Å². The van der Waals surface area contributed by atoms with Crippen molar-refractivity contribution >= 4 is 17.8 Å². The molecule has 2 aromatic rings. The van der Waals surface area contributed by atoms with E-state index >= 15 is 0 Å². The molecular formula is C14H12N3O4+. The van der Waals surface area contributed by atoms with Gasteiger partial charge in [-0.3, -0.25) is 4.79 Å². The van der Waals surface area contributed by atoms with Gasteiger partial charge in [0.05, 0.1) is 11.1 Å². The first-order valence-electron chi connectivity index (χ1n) is 5.95. The molecule has 0 aromatic heterocycles. The van der Waals surface area contributed by atoms with Crippen molar-refractivity contribution in [3.63, 3.8) is 0 Å². The third-order valence-electron chi connectivity index (χ3n) is 2.64. The van der Waals surface area contributed by atoms with Crippen LogP contribution in [0.2, 0.25) is 0 Å². The van der Waals surface area contributed by atoms with E-state index in [1.807, 2.05) is 0 Å². The van der Waals surface area contributed by atoms with Crippen molar-refractivity contribution in [2.45, 2.75) is 0 Å². The van der Waals surface area contributed by atoms with Gasteiger partial charge in [-0.05, 0) is 18.2 Å². The highest BCUT2D eigenvalue weighted by Crippen LogP contribution is 2.13. The summed E-state index contributed by atoms with van der Waals surface area (Å²) in [5.41, 5.74) is 2.81. The molecule has 0 aliphatic rings. The Morgan fingerprint density at radius 3 is 2.67 bits per heavy atom. The van der Waals surface area contributed by atoms with Crippen LogP contribution in [-0.2, 0) is 0 Å². The fourth-order valence-electron chi connectivity index (χ4n) is 1.59. The zero-order chi connectivity index (χ0) is 15.2. The van der Waals surface area contributed by atoms with Crippen molar-refractivity contribution < 1.29 is 20.0 Å². The molecule has 0 fully saturated rings. The SMILES string of the molecule is O=C(N/N=C/c1ccccc1O)c1cccc([N+](=O)O)c1. The number of hydrogen-bond acceptors (Lipinski definition) is 4. The van der Waals surface area contributed by atoms with Crippen molar-refractivity contribution in [3.05, 3.63) is 64.6 Å². The summed E-state index contributed by atoms with van der Waals surface area (Å²) >= 11 is 0. The number of aromatic hydroxyl groups is 1. The largest absolute Gasteiger partial charge is 0.507 e. The van der Waals surface area contributed by atoms with E-state index in [9.17, 15) is 14.8 Å². The molecule has 0 atom stereocenters. The molecule has 0 aliphatic carbocycles. The second kappa shape index (κ2) is 6.29. The lowest BCUT2D eigenvalue weighted by Crippen LogP contribution is -2.17. The second-order valence-corrected chi connectivity index (χ2v) is 4.08. The highest BCUT2D eigenvalue weighted by atomic mass is 16.6. The Hall–Kier alpha value is -3.22. The molecule has 0 bridgehead atoms. The number of benzene rings is 2. The van der Waals surface area contributed by atoms with Crippen LogP contribution in [0.1, 0.15) is 15.9 Å². The van der Waals surface area contributed by atoms with Crippen LogP contribution in [-0.4, -0.2) is 27.4 Å². The van der Waals surface area contributed by atoms with Gasteiger partial charge in [0.15, 0.2) is 0 Å². The van der Waals surface area contributed by atoms with Crippen molar-refractivity contribution in [1.82, 2.24) is 5.43 Å². The van der Waals surface area contributed by atoms with Gasteiger partial charge in [-0.1, -0.05) is 18.2 Å². The third-order valence-corrected chi connectivity index (χ3v) is 2.64. The zero-order valence-corrected chi connectivity index (χ0v) is 10.8. The number of phenols is 1. The summed E-state index contributed by atoms with van der Waals surface area (Å²) in [5, 5.41) is 22.0. The Bertz CT molecular complexity index is 713. The molecule has 106 valence electrons. The van der Waals surface area contributed by atoms with Crippen molar-refractivity contribution in [3.8, 4) is 5.75 Å². The van der Waals surface area contributed by atoms with Gasteiger partial charge in [0.1, 0.15) is 5.75 Å². The smallest absolute Gasteiger partial charge is 0.317 e. The highest BCUT2D eigenvalue weighted by Gasteiger charge is 2.14. The number of nitrogens with zero attached hydrogens (tertiary/aromatic N) is 2. The number of hydrazone groups is 1. The number of hydrogen-bond donors (Lipinski definition) is 3. The zero-order valence-electron chi connectivity index (χ0n) is 10.8. The minimum absolute atomic E-state index is 0.0415. The highest BCUT2D eigenvalue weighted by molar-refractivity contribution is 5.95. The summed E-state index contributed by atoms with van der Waals surface area (Å²) in [7, 11) is 0. The summed E-state index contributed by atoms with van der Waals surface area (Å²) in [4.78, 5) is 22.2. The van der Waals surface area contributed by atoms with E-state index in [2.05, 4.69) is 10.5 Å². The molecule has 0 unspecified atom stereocenters. The number of carbonyl (C=O) groups excluding carboxylic acids is 1. The maximum absolute atomic E-state index is 11.8. The minimum Gasteiger partial charge on any atom is -0.507 e. The monoisotopic (exact) mass is 286 g/mol. The fourth-order valence-corrected chi connectivity index (χ4v) is 1.59. The summed E-state index contributed by atoms with van der Waals surface area (Å²) in [6.45, 7) is 0. The van der Waals surface area contributed by atoms with Crippen LogP contribution in [0.25, 0.3) is 0 Å². The Balaban J connectivity index is 2.07. The third kappa shape index (κ3) is 3.63. The molecule has 21 heavy (non-hydrogen) atoms. The average molecular weight is 286 g/mol. The summed E-state index contributed by atoms with van der Waals surface area (Å²) in [6, 6.07) is 12.0. The predicted molar refractivity (Wildman–Crippen MR) is 74.7 cm³/mol. The van der Waals surface area contributed by atoms with E-state index in [-0.39, 0.29) is 21.9 Å². The molecule has 7 nitrogen and oxygen atoms in total. The maximum Gasteiger partial charge on any atom is 0.317 e. The van der Waals surface area contributed by atoms with Crippen LogP contribution in [0.5, 0.6) is 5.75 Å². The van der Waals surface area contributed by atoms with Gasteiger partial charge in [-0.25, -0.2) is 10.6 Å². The van der Waals surface area contributed by atoms with Gasteiger partial charge in [-0.15, -0.1) is 0 Å². The Morgan fingerprint density at radius 2 is 1.95 bits per heavy atom. The fraction of sp³-hybridized carbons (Fsp3) is 0. The van der Waals surface area contributed by atoms with E-state index < -0.39 is 5.91 Å². The Labute approximate surface area is 119 Å². The van der Waals surface area contributed by atoms with Crippen LogP contribution in [0.4, 0.5) is 5.69 Å². The molecule has 7 heteroatoms. The molecule has 0 saturated heterocycles. The first-order chi connectivity index (χ1) is 10.1. The molecule has 0 aliphatic heterocycles. The van der Waals surface area contributed by atoms with Gasteiger partial charge >= 0.3 is 5.69 Å². The molecular weight excluding hydrogens is 274 g/mol. The molecule has 0 spiro atoms. The quantitative estimate of drug-likeness (QED) is 0.590. The van der Waals surface area contributed by atoms with Crippen LogP contribution in [0.15, 0.2) is 53.6 Å². The van der Waals surface area contributed by atoms with Crippen molar-refractivity contribution in [2.24, 2.45) is 5.10 Å². The number of phenolic OH excluding ortho intramolecular Hbond substituents is 1. The van der Waals surface area contributed by atoms with Crippen molar-refractivity contribution in [2.75, 3.05) is 0 Å². The van der Waals surface area contributed by atoms with E-state index in [0.717, 1.165) is 0 Å². The Morgan fingerprint density at radius 1 is 1.19 bits per heavy atom. The van der Waals surface area contributed by atoms with Gasteiger partial charge in [-0.2, -0.15) is 5.10 Å².